The van der Waals surface area contributed by atoms with E-state index in [1.807, 2.05) is 30.3 Å². The van der Waals surface area contributed by atoms with Gasteiger partial charge in [-0.25, -0.2) is 0 Å². The fraction of sp³-hybridized carbons (Fsp3) is 0.133. The van der Waals surface area contributed by atoms with E-state index < -0.39 is 0 Å². The van der Waals surface area contributed by atoms with Crippen LogP contribution in [0.15, 0.2) is 48.5 Å². The summed E-state index contributed by atoms with van der Waals surface area (Å²) in [7, 11) is 0. The van der Waals surface area contributed by atoms with Crippen molar-refractivity contribution in [3.8, 4) is 11.1 Å². The lowest BCUT2D eigenvalue weighted by Crippen LogP contribution is -2.11. The van der Waals surface area contributed by atoms with E-state index >= 15 is 0 Å². The van der Waals surface area contributed by atoms with Gasteiger partial charge in [-0.05, 0) is 29.2 Å². The maximum atomic E-state index is 10.7. The topological polar surface area (TPSA) is 43.1 Å². The van der Waals surface area contributed by atoms with Crippen LogP contribution in [0.1, 0.15) is 12.0 Å². The molecule has 0 aliphatic heterocycles. The molecule has 0 aliphatic rings. The first kappa shape index (κ1) is 11.4. The van der Waals surface area contributed by atoms with Crippen molar-refractivity contribution in [2.24, 2.45) is 5.73 Å². The number of aryl methyl sites for hydroxylation is 1. The number of carbonyl (C=O) groups excluding carboxylic acids is 1. The molecule has 0 unspecified atom stereocenters. The van der Waals surface area contributed by atoms with Gasteiger partial charge in [0.1, 0.15) is 0 Å². The molecule has 1 radical (unpaired) electrons. The van der Waals surface area contributed by atoms with Gasteiger partial charge in [0.2, 0.25) is 5.91 Å². The van der Waals surface area contributed by atoms with Crippen molar-refractivity contribution < 1.29 is 4.79 Å². The van der Waals surface area contributed by atoms with Gasteiger partial charge in [-0.1, -0.05) is 48.5 Å². The standard InChI is InChI=1S/C15H14NO/c16-15(17)10-9-12-5-4-8-14(11-12)13-6-2-1-3-7-13/h1-4,6-8,11H,9-10H2,(H2,16,17). The van der Waals surface area contributed by atoms with Gasteiger partial charge in [-0.3, -0.25) is 4.79 Å². The van der Waals surface area contributed by atoms with Crippen LogP contribution in [0.25, 0.3) is 11.1 Å². The maximum absolute atomic E-state index is 10.7. The molecule has 85 valence electrons. The molecular formula is C15H14NO. The van der Waals surface area contributed by atoms with Crippen molar-refractivity contribution in [1.82, 2.24) is 0 Å². The zero-order valence-corrected chi connectivity index (χ0v) is 9.52. The molecule has 2 heteroatoms. The first-order valence-electron chi connectivity index (χ1n) is 5.60. The van der Waals surface area contributed by atoms with E-state index in [0.29, 0.717) is 12.8 Å². The minimum absolute atomic E-state index is 0.275. The molecule has 2 aromatic rings. The second-order valence-electron chi connectivity index (χ2n) is 3.93. The molecule has 1 amide bonds. The Bertz CT molecular complexity index is 505. The van der Waals surface area contributed by atoms with Crippen LogP contribution in [0.4, 0.5) is 0 Å². The predicted molar refractivity (Wildman–Crippen MR) is 68.2 cm³/mol. The largest absolute Gasteiger partial charge is 0.370 e. The molecule has 0 heterocycles. The van der Waals surface area contributed by atoms with Gasteiger partial charge in [-0.15, -0.1) is 0 Å². The summed E-state index contributed by atoms with van der Waals surface area (Å²) < 4.78 is 0. The second kappa shape index (κ2) is 5.30. The number of nitrogens with two attached hydrogens (primary N) is 1. The first-order chi connectivity index (χ1) is 8.25. The molecule has 2 rings (SSSR count). The Balaban J connectivity index is 2.20. The molecule has 0 aliphatic carbocycles. The highest BCUT2D eigenvalue weighted by atomic mass is 16.1. The molecule has 2 nitrogen and oxygen atoms in total. The number of carbonyl (C=O) groups is 1. The third-order valence-corrected chi connectivity index (χ3v) is 2.61. The average Bonchev–Trinajstić information content (AvgIpc) is 2.38. The van der Waals surface area contributed by atoms with E-state index in [-0.39, 0.29) is 5.91 Å². The summed E-state index contributed by atoms with van der Waals surface area (Å²) in [6, 6.07) is 19.2. The van der Waals surface area contributed by atoms with Gasteiger partial charge >= 0.3 is 0 Å². The molecule has 0 atom stereocenters. The average molecular weight is 224 g/mol. The van der Waals surface area contributed by atoms with E-state index in [1.54, 1.807) is 0 Å². The number of benzene rings is 2. The Hall–Kier alpha value is -2.09. The Labute approximate surface area is 101 Å². The number of hydrogen-bond donors (Lipinski definition) is 1. The van der Waals surface area contributed by atoms with Gasteiger partial charge in [0.05, 0.1) is 0 Å². The lowest BCUT2D eigenvalue weighted by molar-refractivity contribution is -0.117. The van der Waals surface area contributed by atoms with Crippen LogP contribution in [0, 0.1) is 6.07 Å². The van der Waals surface area contributed by atoms with Crippen molar-refractivity contribution in [2.75, 3.05) is 0 Å². The van der Waals surface area contributed by atoms with Gasteiger partial charge < -0.3 is 5.73 Å². The zero-order valence-electron chi connectivity index (χ0n) is 9.52. The molecule has 0 saturated carbocycles. The summed E-state index contributed by atoms with van der Waals surface area (Å²) in [5.74, 6) is -0.275. The number of primary amides is 1. The molecule has 0 aromatic heterocycles. The van der Waals surface area contributed by atoms with Gasteiger partial charge in [0.15, 0.2) is 0 Å². The summed E-state index contributed by atoms with van der Waals surface area (Å²) in [6.45, 7) is 0. The lowest BCUT2D eigenvalue weighted by atomic mass is 10.0. The molecular weight excluding hydrogens is 210 g/mol. The Morgan fingerprint density at radius 3 is 2.59 bits per heavy atom. The van der Waals surface area contributed by atoms with Gasteiger partial charge in [0.25, 0.3) is 0 Å². The summed E-state index contributed by atoms with van der Waals surface area (Å²) in [6.07, 6.45) is 1.02. The first-order valence-corrected chi connectivity index (χ1v) is 5.60. The van der Waals surface area contributed by atoms with Crippen molar-refractivity contribution in [1.29, 1.82) is 0 Å². The number of rotatable bonds is 4. The van der Waals surface area contributed by atoms with E-state index in [1.165, 1.54) is 5.56 Å². The van der Waals surface area contributed by atoms with Crippen molar-refractivity contribution in [3.05, 3.63) is 60.2 Å². The van der Waals surface area contributed by atoms with Crippen LogP contribution in [-0.2, 0) is 11.2 Å². The van der Waals surface area contributed by atoms with Crippen molar-refractivity contribution in [2.45, 2.75) is 12.8 Å². The minimum Gasteiger partial charge on any atom is -0.370 e. The van der Waals surface area contributed by atoms with Crippen molar-refractivity contribution in [3.63, 3.8) is 0 Å². The van der Waals surface area contributed by atoms with Crippen LogP contribution >= 0.6 is 0 Å². The second-order valence-corrected chi connectivity index (χ2v) is 3.93. The lowest BCUT2D eigenvalue weighted by Gasteiger charge is -2.04. The SMILES string of the molecule is NC(=O)CCc1[c]ccc(-c2ccccc2)c1. The van der Waals surface area contributed by atoms with E-state index in [2.05, 4.69) is 24.3 Å². The fourth-order valence-corrected chi connectivity index (χ4v) is 1.73. The van der Waals surface area contributed by atoms with Crippen LogP contribution in [0.5, 0.6) is 0 Å². The summed E-state index contributed by atoms with van der Waals surface area (Å²) >= 11 is 0. The zero-order chi connectivity index (χ0) is 12.1. The Morgan fingerprint density at radius 2 is 1.88 bits per heavy atom. The normalized spacial score (nSPS) is 10.1. The molecule has 2 N–H and O–H groups in total. The molecule has 17 heavy (non-hydrogen) atoms. The molecule has 0 spiro atoms. The van der Waals surface area contributed by atoms with Crippen molar-refractivity contribution >= 4 is 5.91 Å². The van der Waals surface area contributed by atoms with Crippen LogP contribution < -0.4 is 5.73 Å². The van der Waals surface area contributed by atoms with E-state index in [4.69, 9.17) is 5.73 Å². The Morgan fingerprint density at radius 1 is 1.12 bits per heavy atom. The van der Waals surface area contributed by atoms with Gasteiger partial charge in [-0.2, -0.15) is 0 Å². The predicted octanol–water partition coefficient (Wildman–Crippen LogP) is 2.57. The molecule has 0 bridgehead atoms. The summed E-state index contributed by atoms with van der Waals surface area (Å²) in [5.41, 5.74) is 8.47. The molecule has 2 aromatic carbocycles. The summed E-state index contributed by atoms with van der Waals surface area (Å²) in [4.78, 5) is 10.7. The van der Waals surface area contributed by atoms with Crippen LogP contribution in [-0.4, -0.2) is 5.91 Å². The third-order valence-electron chi connectivity index (χ3n) is 2.61. The van der Waals surface area contributed by atoms with Crippen LogP contribution in [0.2, 0.25) is 0 Å². The molecule has 0 fully saturated rings. The van der Waals surface area contributed by atoms with Crippen LogP contribution in [0.3, 0.4) is 0 Å². The highest BCUT2D eigenvalue weighted by molar-refractivity contribution is 5.74. The Kier molecular flexibility index (Phi) is 3.55. The monoisotopic (exact) mass is 224 g/mol. The number of hydrogen-bond acceptors (Lipinski definition) is 1. The maximum Gasteiger partial charge on any atom is 0.217 e. The summed E-state index contributed by atoms with van der Waals surface area (Å²) in [5, 5.41) is 0. The van der Waals surface area contributed by atoms with E-state index in [0.717, 1.165) is 11.1 Å². The highest BCUT2D eigenvalue weighted by Crippen LogP contribution is 2.20. The highest BCUT2D eigenvalue weighted by Gasteiger charge is 2.01. The minimum atomic E-state index is -0.275. The van der Waals surface area contributed by atoms with E-state index in [9.17, 15) is 4.79 Å². The quantitative estimate of drug-likeness (QED) is 0.852. The fourth-order valence-electron chi connectivity index (χ4n) is 1.73. The molecule has 0 saturated heterocycles. The smallest absolute Gasteiger partial charge is 0.217 e. The number of amides is 1. The van der Waals surface area contributed by atoms with Gasteiger partial charge in [0, 0.05) is 6.42 Å². The third kappa shape index (κ3) is 3.18.